The first-order valence-electron chi connectivity index (χ1n) is 12.9. The van der Waals surface area contributed by atoms with E-state index in [1.165, 1.54) is 7.11 Å². The van der Waals surface area contributed by atoms with Crippen molar-refractivity contribution in [1.82, 2.24) is 5.32 Å². The molecule has 5 N–H and O–H groups in total. The fraction of sp³-hybridized carbons (Fsp3) is 0.414. The highest BCUT2D eigenvalue weighted by atomic mass is 16.7. The number of hydrogen-bond acceptors (Lipinski definition) is 8. The Morgan fingerprint density at radius 1 is 1.03 bits per heavy atom. The van der Waals surface area contributed by atoms with E-state index in [2.05, 4.69) is 36.6 Å². The number of carbonyl (C=O) groups is 3. The Morgan fingerprint density at radius 2 is 1.74 bits per heavy atom. The van der Waals surface area contributed by atoms with Crippen LogP contribution in [0.15, 0.2) is 54.6 Å². The van der Waals surface area contributed by atoms with Crippen LogP contribution in [0.25, 0.3) is 0 Å². The second kappa shape index (κ2) is 16.8. The Labute approximate surface area is 229 Å². The van der Waals surface area contributed by atoms with Gasteiger partial charge in [0.15, 0.2) is 11.5 Å². The van der Waals surface area contributed by atoms with E-state index in [1.807, 2.05) is 0 Å². The molecule has 10 heteroatoms. The normalized spacial score (nSPS) is 11.7. The highest BCUT2D eigenvalue weighted by Gasteiger charge is 2.14. The van der Waals surface area contributed by atoms with Crippen molar-refractivity contribution >= 4 is 23.7 Å². The van der Waals surface area contributed by atoms with Crippen molar-refractivity contribution in [3.63, 3.8) is 0 Å². The summed E-state index contributed by atoms with van der Waals surface area (Å²) < 4.78 is 15.8. The van der Waals surface area contributed by atoms with E-state index in [1.54, 1.807) is 42.5 Å². The third-order valence-corrected chi connectivity index (χ3v) is 5.57. The number of amides is 2. The molecule has 2 amide bonds. The van der Waals surface area contributed by atoms with E-state index in [0.29, 0.717) is 35.9 Å². The lowest BCUT2D eigenvalue weighted by Gasteiger charge is -2.12. The summed E-state index contributed by atoms with van der Waals surface area (Å²) in [5.41, 5.74) is 7.43. The largest absolute Gasteiger partial charge is 0.514 e. The van der Waals surface area contributed by atoms with Crippen LogP contribution >= 0.6 is 0 Å². The van der Waals surface area contributed by atoms with Crippen LogP contribution in [-0.2, 0) is 27.5 Å². The number of ether oxygens (including phenoxy) is 3. The molecule has 0 aromatic heterocycles. The molecule has 10 nitrogen and oxygen atoms in total. The predicted octanol–water partition coefficient (Wildman–Crippen LogP) is 4.06. The van der Waals surface area contributed by atoms with E-state index < -0.39 is 24.7 Å². The maximum Gasteiger partial charge on any atom is 0.514 e. The molecular weight excluding hydrogens is 502 g/mol. The van der Waals surface area contributed by atoms with E-state index in [4.69, 9.17) is 25.1 Å². The third-order valence-electron chi connectivity index (χ3n) is 5.57. The molecule has 2 aromatic rings. The number of benzene rings is 2. The Morgan fingerprint density at radius 3 is 2.41 bits per heavy atom. The Bertz CT molecular complexity index is 1100. The topological polar surface area (TPSA) is 149 Å². The maximum absolute atomic E-state index is 12.2. The molecule has 0 saturated carbocycles. The summed E-state index contributed by atoms with van der Waals surface area (Å²) in [5, 5.41) is 14.4. The number of aliphatic hydroxyl groups excluding tert-OH is 1. The molecule has 0 radical (unpaired) electrons. The van der Waals surface area contributed by atoms with Crippen LogP contribution in [0.5, 0.6) is 11.5 Å². The van der Waals surface area contributed by atoms with Crippen molar-refractivity contribution in [3.05, 3.63) is 65.7 Å². The van der Waals surface area contributed by atoms with Gasteiger partial charge in [0.2, 0.25) is 11.8 Å². The van der Waals surface area contributed by atoms with Crippen LogP contribution < -0.4 is 25.8 Å². The number of aliphatic hydroxyl groups is 1. The first-order valence-corrected chi connectivity index (χ1v) is 12.9. The van der Waals surface area contributed by atoms with Gasteiger partial charge < -0.3 is 35.7 Å². The Kier molecular flexibility index (Phi) is 13.5. The van der Waals surface area contributed by atoms with Gasteiger partial charge in [0.25, 0.3) is 0 Å². The molecule has 0 unspecified atom stereocenters. The minimum Gasteiger partial charge on any atom is -0.493 e. The summed E-state index contributed by atoms with van der Waals surface area (Å²) in [6.07, 6.45) is 6.65. The van der Waals surface area contributed by atoms with Crippen LogP contribution in [0, 0.1) is 5.92 Å². The van der Waals surface area contributed by atoms with Gasteiger partial charge in [-0.05, 0) is 60.6 Å². The number of rotatable bonds is 15. The Hall–Kier alpha value is -3.89. The lowest BCUT2D eigenvalue weighted by molar-refractivity contribution is -0.121. The molecular formula is C29H39N3O7. The quantitative estimate of drug-likeness (QED) is 0.114. The summed E-state index contributed by atoms with van der Waals surface area (Å²) >= 11 is 0. The number of hydrogen-bond donors (Lipinski definition) is 4. The second-order valence-electron chi connectivity index (χ2n) is 9.30. The van der Waals surface area contributed by atoms with Crippen LogP contribution in [0.1, 0.15) is 50.7 Å². The van der Waals surface area contributed by atoms with Crippen molar-refractivity contribution < 1.29 is 33.7 Å². The molecule has 212 valence electrons. The number of unbranched alkanes of at least 4 members (excludes halogenated alkanes) is 2. The van der Waals surface area contributed by atoms with Crippen LogP contribution in [-0.4, -0.2) is 42.8 Å². The average Bonchev–Trinajstić information content (AvgIpc) is 2.93. The lowest BCUT2D eigenvalue weighted by Crippen LogP contribution is -2.38. The van der Waals surface area contributed by atoms with Gasteiger partial charge >= 0.3 is 6.16 Å². The number of nitrogens with two attached hydrogens (primary N) is 1. The van der Waals surface area contributed by atoms with Gasteiger partial charge in [0.05, 0.1) is 13.7 Å². The Balaban J connectivity index is 1.78. The molecule has 0 aliphatic carbocycles. The molecule has 0 saturated heterocycles. The molecule has 0 bridgehead atoms. The van der Waals surface area contributed by atoms with Crippen LogP contribution in [0.4, 0.5) is 10.5 Å². The lowest BCUT2D eigenvalue weighted by atomic mass is 10.1. The molecule has 39 heavy (non-hydrogen) atoms. The zero-order valence-electron chi connectivity index (χ0n) is 22.8. The van der Waals surface area contributed by atoms with Crippen molar-refractivity contribution in [1.29, 1.82) is 0 Å². The van der Waals surface area contributed by atoms with Crippen molar-refractivity contribution in [2.45, 2.75) is 58.7 Å². The summed E-state index contributed by atoms with van der Waals surface area (Å²) in [7, 11) is 1.46. The van der Waals surface area contributed by atoms with Crippen molar-refractivity contribution in [2.24, 2.45) is 11.7 Å². The van der Waals surface area contributed by atoms with Crippen LogP contribution in [0.2, 0.25) is 0 Å². The highest BCUT2D eigenvalue weighted by molar-refractivity contribution is 5.94. The van der Waals surface area contributed by atoms with Gasteiger partial charge in [0, 0.05) is 18.7 Å². The SMILES string of the molecule is COc1cc(CNC(=O)CCCC/C=C/C(C)C)ccc1OC(=O)OCc1ccc(NC(=O)[C@@H](N)CO)cc1. The summed E-state index contributed by atoms with van der Waals surface area (Å²) in [4.78, 5) is 36.1. The number of methoxy groups -OCH3 is 1. The van der Waals surface area contributed by atoms with Gasteiger partial charge in [-0.1, -0.05) is 44.2 Å². The third kappa shape index (κ3) is 12.0. The number of allylic oxidation sites excluding steroid dienone is 2. The average molecular weight is 542 g/mol. The fourth-order valence-electron chi connectivity index (χ4n) is 3.38. The van der Waals surface area contributed by atoms with Gasteiger partial charge in [-0.25, -0.2) is 4.79 Å². The minimum atomic E-state index is -1.01. The number of anilines is 1. The second-order valence-corrected chi connectivity index (χ2v) is 9.30. The van der Waals surface area contributed by atoms with Gasteiger partial charge in [-0.2, -0.15) is 0 Å². The first kappa shape index (κ1) is 31.3. The monoisotopic (exact) mass is 541 g/mol. The smallest absolute Gasteiger partial charge is 0.493 e. The van der Waals surface area contributed by atoms with Crippen molar-refractivity contribution in [3.8, 4) is 11.5 Å². The maximum atomic E-state index is 12.2. The zero-order chi connectivity index (χ0) is 28.6. The zero-order valence-corrected chi connectivity index (χ0v) is 22.8. The highest BCUT2D eigenvalue weighted by Crippen LogP contribution is 2.28. The van der Waals surface area contributed by atoms with Crippen LogP contribution in [0.3, 0.4) is 0 Å². The molecule has 0 fully saturated rings. The van der Waals surface area contributed by atoms with E-state index in [-0.39, 0.29) is 18.3 Å². The molecule has 2 rings (SSSR count). The molecule has 0 spiro atoms. The summed E-state index contributed by atoms with van der Waals surface area (Å²) in [6.45, 7) is 4.09. The first-order chi connectivity index (χ1) is 18.7. The fourth-order valence-corrected chi connectivity index (χ4v) is 3.38. The molecule has 1 atom stereocenters. The van der Waals surface area contributed by atoms with Gasteiger partial charge in [-0.15, -0.1) is 0 Å². The molecule has 0 heterocycles. The number of carbonyl (C=O) groups excluding carboxylic acids is 3. The van der Waals surface area contributed by atoms with Gasteiger partial charge in [0.1, 0.15) is 12.6 Å². The standard InChI is InChI=1S/C29H39N3O7/c1-20(2)8-6-4-5-7-9-27(34)31-17-22-12-15-25(26(16-22)37-3)39-29(36)38-19-21-10-13-23(14-11-21)32-28(35)24(30)18-33/h6,8,10-16,20,24,33H,4-5,7,9,17-19,30H2,1-3H3,(H,31,34)(H,32,35)/b8-6+/t24-/m0/s1. The van der Waals surface area contributed by atoms with Crippen molar-refractivity contribution in [2.75, 3.05) is 19.0 Å². The minimum absolute atomic E-state index is 0.0186. The van der Waals surface area contributed by atoms with E-state index in [9.17, 15) is 14.4 Å². The van der Waals surface area contributed by atoms with Gasteiger partial charge in [-0.3, -0.25) is 9.59 Å². The number of nitrogens with one attached hydrogen (secondary N) is 2. The summed E-state index contributed by atoms with van der Waals surface area (Å²) in [6, 6.07) is 10.6. The summed E-state index contributed by atoms with van der Waals surface area (Å²) in [5.74, 6) is 0.531. The molecule has 0 aliphatic heterocycles. The molecule has 2 aromatic carbocycles. The predicted molar refractivity (Wildman–Crippen MR) is 148 cm³/mol. The van der Waals surface area contributed by atoms with E-state index >= 15 is 0 Å². The molecule has 0 aliphatic rings. The van der Waals surface area contributed by atoms with E-state index in [0.717, 1.165) is 24.8 Å².